The SMILES string of the molecule is Cc1cc(C)c(C(=O)O)cc1NC(=O)C(C)(C)Oc1ccc(F)cc1. The van der Waals surface area contributed by atoms with Crippen LogP contribution < -0.4 is 10.1 Å². The zero-order valence-electron chi connectivity index (χ0n) is 14.5. The highest BCUT2D eigenvalue weighted by atomic mass is 19.1. The molecule has 0 bridgehead atoms. The van der Waals surface area contributed by atoms with E-state index in [0.29, 0.717) is 17.0 Å². The second-order valence-corrected chi connectivity index (χ2v) is 6.31. The fourth-order valence-electron chi connectivity index (χ4n) is 2.33. The van der Waals surface area contributed by atoms with Gasteiger partial charge in [-0.15, -0.1) is 0 Å². The number of ether oxygens (including phenoxy) is 1. The highest BCUT2D eigenvalue weighted by Gasteiger charge is 2.30. The van der Waals surface area contributed by atoms with Crippen LogP contribution in [0.2, 0.25) is 0 Å². The lowest BCUT2D eigenvalue weighted by atomic mass is 10.0. The third-order valence-electron chi connectivity index (χ3n) is 3.78. The molecule has 0 saturated heterocycles. The number of carboxylic acid groups (broad SMARTS) is 1. The molecule has 0 spiro atoms. The lowest BCUT2D eigenvalue weighted by molar-refractivity contribution is -0.128. The molecule has 0 aliphatic heterocycles. The molecule has 0 radical (unpaired) electrons. The number of aromatic carboxylic acids is 1. The normalized spacial score (nSPS) is 11.1. The molecule has 6 heteroatoms. The Bertz CT molecular complexity index is 813. The van der Waals surface area contributed by atoms with Crippen LogP contribution >= 0.6 is 0 Å². The van der Waals surface area contributed by atoms with E-state index >= 15 is 0 Å². The van der Waals surface area contributed by atoms with E-state index < -0.39 is 23.3 Å². The van der Waals surface area contributed by atoms with E-state index in [4.69, 9.17) is 4.74 Å². The molecular formula is C19H20FNO4. The molecule has 25 heavy (non-hydrogen) atoms. The minimum Gasteiger partial charge on any atom is -0.478 e. The van der Waals surface area contributed by atoms with Crippen LogP contribution in [0.15, 0.2) is 36.4 Å². The summed E-state index contributed by atoms with van der Waals surface area (Å²) in [6, 6.07) is 8.49. The Morgan fingerprint density at radius 2 is 1.68 bits per heavy atom. The minimum atomic E-state index is -1.24. The Labute approximate surface area is 145 Å². The quantitative estimate of drug-likeness (QED) is 0.861. The maximum absolute atomic E-state index is 13.0. The van der Waals surface area contributed by atoms with Gasteiger partial charge in [0.2, 0.25) is 0 Å². The Hall–Kier alpha value is -2.89. The van der Waals surface area contributed by atoms with Crippen molar-refractivity contribution in [2.75, 3.05) is 5.32 Å². The molecule has 2 rings (SSSR count). The first-order valence-electron chi connectivity index (χ1n) is 7.71. The first-order valence-corrected chi connectivity index (χ1v) is 7.71. The van der Waals surface area contributed by atoms with Crippen LogP contribution in [-0.2, 0) is 4.79 Å². The molecule has 1 amide bonds. The number of carboxylic acids is 1. The van der Waals surface area contributed by atoms with Gasteiger partial charge in [0, 0.05) is 5.69 Å². The van der Waals surface area contributed by atoms with Gasteiger partial charge in [0.15, 0.2) is 5.60 Å². The smallest absolute Gasteiger partial charge is 0.336 e. The number of benzene rings is 2. The molecule has 0 aliphatic rings. The maximum atomic E-state index is 13.0. The van der Waals surface area contributed by atoms with Crippen molar-refractivity contribution in [3.8, 4) is 5.75 Å². The molecule has 0 aromatic heterocycles. The van der Waals surface area contributed by atoms with Gasteiger partial charge in [-0.05, 0) is 69.2 Å². The molecule has 5 nitrogen and oxygen atoms in total. The summed E-state index contributed by atoms with van der Waals surface area (Å²) >= 11 is 0. The van der Waals surface area contributed by atoms with Crippen LogP contribution in [0.3, 0.4) is 0 Å². The summed E-state index contributed by atoms with van der Waals surface area (Å²) in [6.07, 6.45) is 0. The predicted octanol–water partition coefficient (Wildman–Crippen LogP) is 3.94. The van der Waals surface area contributed by atoms with E-state index in [2.05, 4.69) is 5.32 Å². The molecule has 132 valence electrons. The lowest BCUT2D eigenvalue weighted by Gasteiger charge is -2.26. The van der Waals surface area contributed by atoms with Crippen molar-refractivity contribution in [3.05, 3.63) is 58.9 Å². The van der Waals surface area contributed by atoms with E-state index in [1.54, 1.807) is 33.8 Å². The maximum Gasteiger partial charge on any atom is 0.336 e. The number of anilines is 1. The number of amides is 1. The third-order valence-corrected chi connectivity index (χ3v) is 3.78. The standard InChI is InChI=1S/C19H20FNO4/c1-11-9-12(2)16(10-15(11)17(22)23)21-18(24)19(3,4)25-14-7-5-13(20)6-8-14/h5-10H,1-4H3,(H,21,24)(H,22,23). The summed E-state index contributed by atoms with van der Waals surface area (Å²) in [5.41, 5.74) is 0.652. The van der Waals surface area contributed by atoms with E-state index in [9.17, 15) is 19.1 Å². The molecule has 2 aromatic rings. The Balaban J connectivity index is 2.21. The monoisotopic (exact) mass is 345 g/mol. The van der Waals surface area contributed by atoms with Gasteiger partial charge in [0.25, 0.3) is 5.91 Å². The van der Waals surface area contributed by atoms with E-state index in [1.165, 1.54) is 30.3 Å². The van der Waals surface area contributed by atoms with Gasteiger partial charge in [0.1, 0.15) is 11.6 Å². The summed E-state index contributed by atoms with van der Waals surface area (Å²) in [4.78, 5) is 23.8. The molecule has 0 unspecified atom stereocenters. The highest BCUT2D eigenvalue weighted by molar-refractivity contribution is 5.99. The number of carbonyl (C=O) groups excluding carboxylic acids is 1. The zero-order valence-corrected chi connectivity index (χ0v) is 14.5. The van der Waals surface area contributed by atoms with Crippen molar-refractivity contribution in [3.63, 3.8) is 0 Å². The Morgan fingerprint density at radius 3 is 2.24 bits per heavy atom. The predicted molar refractivity (Wildman–Crippen MR) is 92.6 cm³/mol. The van der Waals surface area contributed by atoms with Crippen LogP contribution in [0.25, 0.3) is 0 Å². The fourth-order valence-corrected chi connectivity index (χ4v) is 2.33. The van der Waals surface area contributed by atoms with Crippen molar-refractivity contribution < 1.29 is 23.8 Å². The van der Waals surface area contributed by atoms with Crippen LogP contribution in [-0.4, -0.2) is 22.6 Å². The summed E-state index contributed by atoms with van der Waals surface area (Å²) in [7, 11) is 0. The van der Waals surface area contributed by atoms with E-state index in [1.807, 2.05) is 0 Å². The second-order valence-electron chi connectivity index (χ2n) is 6.31. The average molecular weight is 345 g/mol. The summed E-state index contributed by atoms with van der Waals surface area (Å²) in [5.74, 6) is -1.55. The number of aryl methyl sites for hydroxylation is 2. The summed E-state index contributed by atoms with van der Waals surface area (Å²) in [6.45, 7) is 6.63. The molecule has 0 aliphatic carbocycles. The third kappa shape index (κ3) is 4.35. The van der Waals surface area contributed by atoms with Crippen LogP contribution in [0.5, 0.6) is 5.75 Å². The minimum absolute atomic E-state index is 0.123. The highest BCUT2D eigenvalue weighted by Crippen LogP contribution is 2.24. The topological polar surface area (TPSA) is 75.6 Å². The second kappa shape index (κ2) is 6.93. The molecule has 2 aromatic carbocycles. The summed E-state index contributed by atoms with van der Waals surface area (Å²) < 4.78 is 18.6. The number of halogens is 1. The van der Waals surface area contributed by atoms with E-state index in [-0.39, 0.29) is 5.56 Å². The van der Waals surface area contributed by atoms with Crippen LogP contribution in [0.1, 0.15) is 35.3 Å². The van der Waals surface area contributed by atoms with Gasteiger partial charge in [-0.2, -0.15) is 0 Å². The van der Waals surface area contributed by atoms with Crippen molar-refractivity contribution in [1.29, 1.82) is 0 Å². The first-order chi connectivity index (χ1) is 11.6. The fraction of sp³-hybridized carbons (Fsp3) is 0.263. The Kier molecular flexibility index (Phi) is 5.11. The summed E-state index contributed by atoms with van der Waals surface area (Å²) in [5, 5.41) is 11.9. The van der Waals surface area contributed by atoms with Crippen molar-refractivity contribution in [2.24, 2.45) is 0 Å². The van der Waals surface area contributed by atoms with Gasteiger partial charge in [-0.1, -0.05) is 6.07 Å². The Morgan fingerprint density at radius 1 is 1.08 bits per heavy atom. The van der Waals surface area contributed by atoms with Crippen molar-refractivity contribution in [1.82, 2.24) is 0 Å². The molecule has 0 fully saturated rings. The van der Waals surface area contributed by atoms with Gasteiger partial charge >= 0.3 is 5.97 Å². The number of nitrogens with one attached hydrogen (secondary N) is 1. The van der Waals surface area contributed by atoms with E-state index in [0.717, 1.165) is 5.56 Å². The van der Waals surface area contributed by atoms with Gasteiger partial charge in [0.05, 0.1) is 5.56 Å². The molecule has 2 N–H and O–H groups in total. The molecular weight excluding hydrogens is 325 g/mol. The van der Waals surface area contributed by atoms with Crippen LogP contribution in [0, 0.1) is 19.7 Å². The van der Waals surface area contributed by atoms with Crippen molar-refractivity contribution in [2.45, 2.75) is 33.3 Å². The lowest BCUT2D eigenvalue weighted by Crippen LogP contribution is -2.42. The van der Waals surface area contributed by atoms with Crippen LogP contribution in [0.4, 0.5) is 10.1 Å². The first kappa shape index (κ1) is 18.4. The number of hydrogen-bond donors (Lipinski definition) is 2. The molecule has 0 atom stereocenters. The average Bonchev–Trinajstić information content (AvgIpc) is 2.51. The largest absolute Gasteiger partial charge is 0.478 e. The number of rotatable bonds is 5. The van der Waals surface area contributed by atoms with Crippen molar-refractivity contribution >= 4 is 17.6 Å². The van der Waals surface area contributed by atoms with Gasteiger partial charge in [-0.25, -0.2) is 9.18 Å². The number of hydrogen-bond acceptors (Lipinski definition) is 3. The molecule has 0 heterocycles. The van der Waals surface area contributed by atoms with Gasteiger partial charge in [-0.3, -0.25) is 4.79 Å². The van der Waals surface area contributed by atoms with Gasteiger partial charge < -0.3 is 15.2 Å². The number of carbonyl (C=O) groups is 2. The molecule has 0 saturated carbocycles. The zero-order chi connectivity index (χ0) is 18.8.